The first-order chi connectivity index (χ1) is 19.4. The predicted molar refractivity (Wildman–Crippen MR) is 159 cm³/mol. The summed E-state index contributed by atoms with van der Waals surface area (Å²) in [6.07, 6.45) is 2.16. The highest BCUT2D eigenvalue weighted by molar-refractivity contribution is 7.90. The molecule has 0 bridgehead atoms. The predicted octanol–water partition coefficient (Wildman–Crippen LogP) is 5.72. The van der Waals surface area contributed by atoms with Gasteiger partial charge in [0.1, 0.15) is 5.82 Å². The fraction of sp³-hybridized carbons (Fsp3) is 0.281. The van der Waals surface area contributed by atoms with Gasteiger partial charge in [-0.3, -0.25) is 4.90 Å². The molecule has 7 nitrogen and oxygen atoms in total. The van der Waals surface area contributed by atoms with E-state index < -0.39 is 9.84 Å². The molecule has 6 rings (SSSR count). The average molecular weight is 554 g/mol. The Morgan fingerprint density at radius 3 is 2.40 bits per heavy atom. The standard InChI is InChI=1S/C32H35N5O2S/c1-23-31(21-36-18-16-28(17-19-36)37-20-27-10-6-7-11-30(27)34-24(37)2)35-32(33-23)26-12-14-29(15-13-26)40(38,39)22-25-8-4-3-5-9-25/h3-15,28,34H,2,16-22H2,1H3,(H,33,35). The molecule has 0 unspecified atom stereocenters. The maximum Gasteiger partial charge on any atom is 0.182 e. The van der Waals surface area contributed by atoms with Crippen LogP contribution in [-0.2, 0) is 28.7 Å². The van der Waals surface area contributed by atoms with E-state index >= 15 is 0 Å². The first-order valence-corrected chi connectivity index (χ1v) is 15.5. The number of para-hydroxylation sites is 1. The number of benzene rings is 3. The summed E-state index contributed by atoms with van der Waals surface area (Å²) in [5, 5.41) is 3.48. The van der Waals surface area contributed by atoms with Crippen molar-refractivity contribution in [1.29, 1.82) is 0 Å². The smallest absolute Gasteiger partial charge is 0.182 e. The van der Waals surface area contributed by atoms with Crippen molar-refractivity contribution in [3.05, 3.63) is 114 Å². The minimum Gasteiger partial charge on any atom is -0.351 e. The van der Waals surface area contributed by atoms with Crippen molar-refractivity contribution in [1.82, 2.24) is 19.8 Å². The van der Waals surface area contributed by atoms with Crippen LogP contribution >= 0.6 is 0 Å². The molecular weight excluding hydrogens is 518 g/mol. The molecule has 0 radical (unpaired) electrons. The third-order valence-electron chi connectivity index (χ3n) is 8.03. The Morgan fingerprint density at radius 2 is 1.65 bits per heavy atom. The number of aromatic amines is 1. The third-order valence-corrected chi connectivity index (χ3v) is 9.73. The van der Waals surface area contributed by atoms with Crippen LogP contribution in [0.5, 0.6) is 0 Å². The lowest BCUT2D eigenvalue weighted by atomic mass is 10.00. The first kappa shape index (κ1) is 26.3. The summed E-state index contributed by atoms with van der Waals surface area (Å²) in [6, 6.07) is 25.2. The number of likely N-dealkylation sites (tertiary alicyclic amines) is 1. The van der Waals surface area contributed by atoms with Crippen LogP contribution in [0.1, 0.15) is 35.4 Å². The molecule has 2 aliphatic heterocycles. The third kappa shape index (κ3) is 5.55. The van der Waals surface area contributed by atoms with Gasteiger partial charge in [0, 0.05) is 49.2 Å². The molecular formula is C32H35N5O2S. The quantitative estimate of drug-likeness (QED) is 0.305. The molecule has 4 aromatic rings. The van der Waals surface area contributed by atoms with Crippen molar-refractivity contribution >= 4 is 15.5 Å². The van der Waals surface area contributed by atoms with Gasteiger partial charge in [0.2, 0.25) is 0 Å². The Morgan fingerprint density at radius 1 is 0.950 bits per heavy atom. The van der Waals surface area contributed by atoms with E-state index in [1.54, 1.807) is 12.1 Å². The van der Waals surface area contributed by atoms with Gasteiger partial charge in [-0.2, -0.15) is 0 Å². The van der Waals surface area contributed by atoms with Gasteiger partial charge in [0.15, 0.2) is 9.84 Å². The molecule has 3 aromatic carbocycles. The minimum atomic E-state index is -3.42. The zero-order chi connectivity index (χ0) is 27.7. The van der Waals surface area contributed by atoms with Crippen LogP contribution in [0.2, 0.25) is 0 Å². The van der Waals surface area contributed by atoms with E-state index in [1.807, 2.05) is 42.5 Å². The maximum absolute atomic E-state index is 12.9. The number of piperidine rings is 1. The lowest BCUT2D eigenvalue weighted by Gasteiger charge is -2.43. The molecule has 40 heavy (non-hydrogen) atoms. The van der Waals surface area contributed by atoms with Crippen LogP contribution in [0.3, 0.4) is 0 Å². The molecule has 1 fully saturated rings. The number of nitrogens with zero attached hydrogens (tertiary/aromatic N) is 3. The number of aromatic nitrogens is 2. The number of anilines is 1. The van der Waals surface area contributed by atoms with E-state index in [0.717, 1.165) is 78.9 Å². The molecule has 8 heteroatoms. The Labute approximate surface area is 236 Å². The number of H-pyrrole nitrogens is 1. The van der Waals surface area contributed by atoms with Gasteiger partial charge in [0.05, 0.1) is 22.2 Å². The number of sulfone groups is 1. The summed E-state index contributed by atoms with van der Waals surface area (Å²) in [6.45, 7) is 10.1. The lowest BCUT2D eigenvalue weighted by Crippen LogP contribution is -2.46. The monoisotopic (exact) mass is 553 g/mol. The number of fused-ring (bicyclic) bond motifs is 1. The number of hydrogen-bond acceptors (Lipinski definition) is 6. The number of imidazole rings is 1. The Bertz CT molecular complexity index is 1600. The van der Waals surface area contributed by atoms with Gasteiger partial charge in [-0.25, -0.2) is 13.4 Å². The summed E-state index contributed by atoms with van der Waals surface area (Å²) in [7, 11) is -3.42. The molecule has 0 spiro atoms. The molecule has 2 N–H and O–H groups in total. The summed E-state index contributed by atoms with van der Waals surface area (Å²) in [4.78, 5) is 13.5. The molecule has 0 amide bonds. The Kier molecular flexibility index (Phi) is 7.21. The number of hydrogen-bond donors (Lipinski definition) is 2. The summed E-state index contributed by atoms with van der Waals surface area (Å²) in [5.74, 6) is 1.75. The molecule has 1 aromatic heterocycles. The van der Waals surface area contributed by atoms with Crippen LogP contribution in [-0.4, -0.2) is 47.3 Å². The largest absolute Gasteiger partial charge is 0.351 e. The lowest BCUT2D eigenvalue weighted by molar-refractivity contribution is 0.122. The van der Waals surface area contributed by atoms with E-state index in [2.05, 4.69) is 57.9 Å². The molecule has 0 atom stereocenters. The molecule has 1 saturated heterocycles. The summed E-state index contributed by atoms with van der Waals surface area (Å²) < 4.78 is 25.8. The van der Waals surface area contributed by atoms with Crippen molar-refractivity contribution in [2.45, 2.75) is 49.5 Å². The highest BCUT2D eigenvalue weighted by Gasteiger charge is 2.29. The number of rotatable bonds is 7. The van der Waals surface area contributed by atoms with Crippen molar-refractivity contribution in [3.63, 3.8) is 0 Å². The van der Waals surface area contributed by atoms with Crippen molar-refractivity contribution < 1.29 is 8.42 Å². The molecule has 206 valence electrons. The topological polar surface area (TPSA) is 81.3 Å². The van der Waals surface area contributed by atoms with Gasteiger partial charge < -0.3 is 15.2 Å². The number of nitrogens with one attached hydrogen (secondary N) is 2. The average Bonchev–Trinajstić information content (AvgIpc) is 3.33. The van der Waals surface area contributed by atoms with Crippen molar-refractivity contribution in [2.75, 3.05) is 18.4 Å². The van der Waals surface area contributed by atoms with Crippen molar-refractivity contribution in [3.8, 4) is 11.4 Å². The first-order valence-electron chi connectivity index (χ1n) is 13.8. The fourth-order valence-electron chi connectivity index (χ4n) is 5.72. The van der Waals surface area contributed by atoms with Crippen LogP contribution in [0.15, 0.2) is 96.2 Å². The normalized spacial score (nSPS) is 16.5. The Hall–Kier alpha value is -3.88. The van der Waals surface area contributed by atoms with Crippen LogP contribution in [0.4, 0.5) is 5.69 Å². The fourth-order valence-corrected chi connectivity index (χ4v) is 7.07. The highest BCUT2D eigenvalue weighted by atomic mass is 32.2. The number of aryl methyl sites for hydroxylation is 1. The molecule has 0 aliphatic carbocycles. The van der Waals surface area contributed by atoms with Crippen LogP contribution in [0, 0.1) is 6.92 Å². The van der Waals surface area contributed by atoms with Gasteiger partial charge in [0.25, 0.3) is 0 Å². The van der Waals surface area contributed by atoms with Gasteiger partial charge in [-0.1, -0.05) is 55.1 Å². The van der Waals surface area contributed by atoms with Gasteiger partial charge in [-0.15, -0.1) is 0 Å². The second-order valence-electron chi connectivity index (χ2n) is 10.8. The van der Waals surface area contributed by atoms with E-state index in [0.29, 0.717) is 10.9 Å². The van der Waals surface area contributed by atoms with Crippen LogP contribution in [0.25, 0.3) is 11.4 Å². The second-order valence-corrected chi connectivity index (χ2v) is 12.8. The summed E-state index contributed by atoms with van der Waals surface area (Å²) in [5.41, 5.74) is 6.22. The SMILES string of the molecule is C=C1Nc2ccccc2CN1C1CCN(Cc2nc(-c3ccc(S(=O)(=O)Cc4ccccc4)cc3)[nH]c2C)CC1. The molecule has 0 saturated carbocycles. The summed E-state index contributed by atoms with van der Waals surface area (Å²) >= 11 is 0. The van der Waals surface area contributed by atoms with E-state index in [-0.39, 0.29) is 5.75 Å². The van der Waals surface area contributed by atoms with E-state index in [1.165, 1.54) is 5.56 Å². The zero-order valence-corrected chi connectivity index (χ0v) is 23.6. The maximum atomic E-state index is 12.9. The van der Waals surface area contributed by atoms with Gasteiger partial charge >= 0.3 is 0 Å². The minimum absolute atomic E-state index is 0.0104. The van der Waals surface area contributed by atoms with Gasteiger partial charge in [-0.05, 0) is 61.2 Å². The van der Waals surface area contributed by atoms with E-state index in [4.69, 9.17) is 4.98 Å². The van der Waals surface area contributed by atoms with Crippen molar-refractivity contribution in [2.24, 2.45) is 0 Å². The van der Waals surface area contributed by atoms with Crippen LogP contribution < -0.4 is 5.32 Å². The highest BCUT2D eigenvalue weighted by Crippen LogP contribution is 2.31. The molecule has 2 aliphatic rings. The second kappa shape index (κ2) is 10.9. The Balaban J connectivity index is 1.07. The molecule has 3 heterocycles. The zero-order valence-electron chi connectivity index (χ0n) is 22.8. The van der Waals surface area contributed by atoms with E-state index in [9.17, 15) is 8.42 Å².